The molecule has 0 aromatic carbocycles. The van der Waals surface area contributed by atoms with E-state index in [0.717, 1.165) is 12.8 Å². The number of carboxylic acids is 1. The predicted molar refractivity (Wildman–Crippen MR) is 65.1 cm³/mol. The molecule has 0 aromatic heterocycles. The van der Waals surface area contributed by atoms with Crippen LogP contribution in [0.15, 0.2) is 0 Å². The van der Waals surface area contributed by atoms with E-state index < -0.39 is 12.1 Å². The topological polar surface area (TPSA) is 66.8 Å². The zero-order valence-corrected chi connectivity index (χ0v) is 10.8. The maximum atomic E-state index is 12.1. The van der Waals surface area contributed by atoms with Crippen LogP contribution in [-0.2, 0) is 14.3 Å². The van der Waals surface area contributed by atoms with Gasteiger partial charge in [-0.05, 0) is 25.7 Å². The summed E-state index contributed by atoms with van der Waals surface area (Å²) >= 11 is 0. The summed E-state index contributed by atoms with van der Waals surface area (Å²) in [6.07, 6.45) is 4.19. The van der Waals surface area contributed by atoms with Crippen LogP contribution in [0.5, 0.6) is 0 Å². The Balaban J connectivity index is 1.89. The van der Waals surface area contributed by atoms with E-state index in [1.54, 1.807) is 4.90 Å². The molecule has 1 aliphatic heterocycles. The first-order valence-electron chi connectivity index (χ1n) is 6.72. The summed E-state index contributed by atoms with van der Waals surface area (Å²) in [5, 5.41) is 8.98. The van der Waals surface area contributed by atoms with Crippen molar-refractivity contribution in [2.75, 3.05) is 13.1 Å². The Morgan fingerprint density at radius 1 is 1.28 bits per heavy atom. The second-order valence-corrected chi connectivity index (χ2v) is 5.43. The number of nitrogens with zero attached hydrogens (tertiary/aromatic N) is 1. The average molecular weight is 255 g/mol. The summed E-state index contributed by atoms with van der Waals surface area (Å²) in [5.41, 5.74) is 0. The number of carbonyl (C=O) groups is 2. The van der Waals surface area contributed by atoms with E-state index in [1.807, 2.05) is 6.92 Å². The normalized spacial score (nSPS) is 29.5. The highest BCUT2D eigenvalue weighted by molar-refractivity contribution is 5.79. The fourth-order valence-corrected chi connectivity index (χ4v) is 2.88. The van der Waals surface area contributed by atoms with Crippen molar-refractivity contribution in [1.82, 2.24) is 4.90 Å². The van der Waals surface area contributed by atoms with Gasteiger partial charge in [0.1, 0.15) is 0 Å². The summed E-state index contributed by atoms with van der Waals surface area (Å²) in [4.78, 5) is 24.8. The van der Waals surface area contributed by atoms with E-state index in [4.69, 9.17) is 9.84 Å². The first-order chi connectivity index (χ1) is 8.56. The van der Waals surface area contributed by atoms with Crippen LogP contribution >= 0.6 is 0 Å². The fraction of sp³-hybridized carbons (Fsp3) is 0.846. The molecule has 18 heavy (non-hydrogen) atoms. The first kappa shape index (κ1) is 13.3. The number of carboxylic acid groups (broad SMARTS) is 1. The van der Waals surface area contributed by atoms with Crippen LogP contribution in [0.25, 0.3) is 0 Å². The van der Waals surface area contributed by atoms with E-state index in [0.29, 0.717) is 18.9 Å². The molecule has 5 nitrogen and oxygen atoms in total. The van der Waals surface area contributed by atoms with Gasteiger partial charge in [0.25, 0.3) is 0 Å². The molecular weight excluding hydrogens is 234 g/mol. The third-order valence-corrected chi connectivity index (χ3v) is 3.83. The molecule has 2 rings (SSSR count). The molecule has 0 radical (unpaired) electrons. The summed E-state index contributed by atoms with van der Waals surface area (Å²) in [6.45, 7) is 2.51. The van der Waals surface area contributed by atoms with Crippen molar-refractivity contribution in [2.24, 2.45) is 5.92 Å². The van der Waals surface area contributed by atoms with Gasteiger partial charge < -0.3 is 14.7 Å². The Morgan fingerprint density at radius 3 is 2.56 bits per heavy atom. The minimum atomic E-state index is -0.986. The Labute approximate surface area is 107 Å². The van der Waals surface area contributed by atoms with E-state index >= 15 is 0 Å². The van der Waals surface area contributed by atoms with Crippen LogP contribution in [0.2, 0.25) is 0 Å². The van der Waals surface area contributed by atoms with Gasteiger partial charge in [-0.2, -0.15) is 0 Å². The van der Waals surface area contributed by atoms with Crippen LogP contribution in [0.4, 0.5) is 0 Å². The lowest BCUT2D eigenvalue weighted by atomic mass is 10.0. The fourth-order valence-electron chi connectivity index (χ4n) is 2.88. The summed E-state index contributed by atoms with van der Waals surface area (Å²) in [6, 6.07) is 0. The standard InChI is InChI=1S/C13H21NO4/c1-9-7-14(8-11(18-9)13(16)17)12(15)6-10-4-2-3-5-10/h9-11H,2-8H2,1H3,(H,16,17)/t9-,11?/m1/s1. The van der Waals surface area contributed by atoms with Gasteiger partial charge in [0.15, 0.2) is 6.10 Å². The molecule has 2 atom stereocenters. The predicted octanol–water partition coefficient (Wildman–Crippen LogP) is 1.27. The second kappa shape index (κ2) is 5.69. The van der Waals surface area contributed by atoms with Gasteiger partial charge in [-0.25, -0.2) is 4.79 Å². The second-order valence-electron chi connectivity index (χ2n) is 5.43. The van der Waals surface area contributed by atoms with Crippen LogP contribution in [-0.4, -0.2) is 47.2 Å². The van der Waals surface area contributed by atoms with Crippen LogP contribution in [0.3, 0.4) is 0 Å². The highest BCUT2D eigenvalue weighted by Crippen LogP contribution is 2.28. The van der Waals surface area contributed by atoms with Gasteiger partial charge in [-0.1, -0.05) is 12.8 Å². The number of ether oxygens (including phenoxy) is 1. The van der Waals surface area contributed by atoms with Crippen molar-refractivity contribution in [3.05, 3.63) is 0 Å². The lowest BCUT2D eigenvalue weighted by Gasteiger charge is -2.35. The molecule has 1 amide bonds. The van der Waals surface area contributed by atoms with Crippen molar-refractivity contribution < 1.29 is 19.4 Å². The lowest BCUT2D eigenvalue weighted by molar-refractivity contribution is -0.166. The average Bonchev–Trinajstić information content (AvgIpc) is 2.80. The molecule has 0 bridgehead atoms. The van der Waals surface area contributed by atoms with E-state index in [2.05, 4.69) is 0 Å². The van der Waals surface area contributed by atoms with Crippen LogP contribution < -0.4 is 0 Å². The number of morpholine rings is 1. The van der Waals surface area contributed by atoms with E-state index in [-0.39, 0.29) is 18.6 Å². The first-order valence-corrected chi connectivity index (χ1v) is 6.72. The Kier molecular flexibility index (Phi) is 4.22. The Hall–Kier alpha value is -1.10. The van der Waals surface area contributed by atoms with Gasteiger partial charge in [0.2, 0.25) is 5.91 Å². The van der Waals surface area contributed by atoms with Gasteiger partial charge in [0, 0.05) is 13.0 Å². The van der Waals surface area contributed by atoms with Gasteiger partial charge in [-0.3, -0.25) is 4.79 Å². The lowest BCUT2D eigenvalue weighted by Crippen LogP contribution is -2.52. The number of hydrogen-bond acceptors (Lipinski definition) is 3. The van der Waals surface area contributed by atoms with Crippen molar-refractivity contribution >= 4 is 11.9 Å². The number of aliphatic carboxylic acids is 1. The number of rotatable bonds is 3. The monoisotopic (exact) mass is 255 g/mol. The summed E-state index contributed by atoms with van der Waals surface area (Å²) in [5.74, 6) is -0.401. The minimum absolute atomic E-state index is 0.0864. The highest BCUT2D eigenvalue weighted by atomic mass is 16.5. The van der Waals surface area contributed by atoms with Crippen molar-refractivity contribution in [1.29, 1.82) is 0 Å². The molecule has 2 fully saturated rings. The van der Waals surface area contributed by atoms with Crippen molar-refractivity contribution in [3.63, 3.8) is 0 Å². The quantitative estimate of drug-likeness (QED) is 0.824. The summed E-state index contributed by atoms with van der Waals surface area (Å²) < 4.78 is 5.30. The maximum Gasteiger partial charge on any atom is 0.334 e. The van der Waals surface area contributed by atoms with Crippen LogP contribution in [0, 0.1) is 5.92 Å². The SMILES string of the molecule is C[C@@H]1CN(C(=O)CC2CCCC2)CC(C(=O)O)O1. The largest absolute Gasteiger partial charge is 0.479 e. The zero-order valence-electron chi connectivity index (χ0n) is 10.8. The zero-order chi connectivity index (χ0) is 13.1. The van der Waals surface area contributed by atoms with Gasteiger partial charge in [0.05, 0.1) is 12.6 Å². The molecule has 1 N–H and O–H groups in total. The number of carbonyl (C=O) groups excluding carboxylic acids is 1. The number of hydrogen-bond donors (Lipinski definition) is 1. The minimum Gasteiger partial charge on any atom is -0.479 e. The molecule has 1 unspecified atom stereocenters. The molecular formula is C13H21NO4. The van der Waals surface area contributed by atoms with Crippen molar-refractivity contribution in [2.45, 2.75) is 51.2 Å². The van der Waals surface area contributed by atoms with Crippen LogP contribution in [0.1, 0.15) is 39.0 Å². The molecule has 5 heteroatoms. The van der Waals surface area contributed by atoms with E-state index in [1.165, 1.54) is 12.8 Å². The third-order valence-electron chi connectivity index (χ3n) is 3.83. The molecule has 1 saturated heterocycles. The van der Waals surface area contributed by atoms with Crippen molar-refractivity contribution in [3.8, 4) is 0 Å². The molecule has 1 heterocycles. The Bertz CT molecular complexity index is 325. The van der Waals surface area contributed by atoms with Gasteiger partial charge >= 0.3 is 5.97 Å². The number of amides is 1. The smallest absolute Gasteiger partial charge is 0.334 e. The molecule has 2 aliphatic rings. The molecule has 0 spiro atoms. The highest BCUT2D eigenvalue weighted by Gasteiger charge is 2.33. The maximum absolute atomic E-state index is 12.1. The third kappa shape index (κ3) is 3.22. The molecule has 1 aliphatic carbocycles. The molecule has 102 valence electrons. The Morgan fingerprint density at radius 2 is 1.94 bits per heavy atom. The van der Waals surface area contributed by atoms with Gasteiger partial charge in [-0.15, -0.1) is 0 Å². The molecule has 1 saturated carbocycles. The summed E-state index contributed by atoms with van der Waals surface area (Å²) in [7, 11) is 0. The van der Waals surface area contributed by atoms with E-state index in [9.17, 15) is 9.59 Å². The molecule has 0 aromatic rings.